The fourth-order valence-corrected chi connectivity index (χ4v) is 4.12. The minimum Gasteiger partial charge on any atom is -0.497 e. The fraction of sp³-hybridized carbons (Fsp3) is 0.333. The highest BCUT2D eigenvalue weighted by molar-refractivity contribution is 5.88. The van der Waals surface area contributed by atoms with Crippen LogP contribution in [0.15, 0.2) is 78.9 Å². The molecule has 0 bridgehead atoms. The molecule has 0 saturated heterocycles. The summed E-state index contributed by atoms with van der Waals surface area (Å²) in [6, 6.07) is 24.3. The lowest BCUT2D eigenvalue weighted by atomic mass is 10.0. The summed E-state index contributed by atoms with van der Waals surface area (Å²) in [6.45, 7) is 6.60. The second-order valence-corrected chi connectivity index (χ2v) is 8.95. The molecule has 190 valence electrons. The largest absolute Gasteiger partial charge is 0.497 e. The summed E-state index contributed by atoms with van der Waals surface area (Å²) in [5.74, 6) is 1.17. The molecule has 0 saturated carbocycles. The lowest BCUT2D eigenvalue weighted by molar-refractivity contribution is -0.142. The van der Waals surface area contributed by atoms with Gasteiger partial charge in [-0.2, -0.15) is 0 Å². The van der Waals surface area contributed by atoms with E-state index in [4.69, 9.17) is 9.47 Å². The van der Waals surface area contributed by atoms with E-state index in [0.29, 0.717) is 24.5 Å². The molecule has 0 aliphatic heterocycles. The van der Waals surface area contributed by atoms with E-state index in [1.807, 2.05) is 85.8 Å². The number of nitrogens with zero attached hydrogens (tertiary/aromatic N) is 1. The minimum atomic E-state index is -0.699. The fourth-order valence-electron chi connectivity index (χ4n) is 4.12. The van der Waals surface area contributed by atoms with Gasteiger partial charge in [0.05, 0.1) is 7.11 Å². The monoisotopic (exact) mass is 488 g/mol. The molecular formula is C30H36N2O4. The zero-order chi connectivity index (χ0) is 25.9. The number of hydrogen-bond acceptors (Lipinski definition) is 4. The normalized spacial score (nSPS) is 11.6. The van der Waals surface area contributed by atoms with Crippen LogP contribution in [0.3, 0.4) is 0 Å². The summed E-state index contributed by atoms with van der Waals surface area (Å²) in [6.07, 6.45) is 0.394. The molecule has 2 amide bonds. The van der Waals surface area contributed by atoms with Crippen molar-refractivity contribution < 1.29 is 19.1 Å². The Kier molecular flexibility index (Phi) is 9.92. The number of hydrogen-bond donors (Lipinski definition) is 1. The molecule has 6 heteroatoms. The summed E-state index contributed by atoms with van der Waals surface area (Å²) < 4.78 is 11.4. The molecule has 3 aromatic rings. The molecule has 0 radical (unpaired) electrons. The van der Waals surface area contributed by atoms with Crippen LogP contribution < -0.4 is 14.8 Å². The van der Waals surface area contributed by atoms with Gasteiger partial charge in [-0.15, -0.1) is 0 Å². The average molecular weight is 489 g/mol. The van der Waals surface area contributed by atoms with E-state index in [1.165, 1.54) is 0 Å². The Morgan fingerprint density at radius 2 is 1.61 bits per heavy atom. The van der Waals surface area contributed by atoms with Gasteiger partial charge in [0.25, 0.3) is 5.91 Å². The molecule has 0 aliphatic rings. The second kappa shape index (κ2) is 13.3. The van der Waals surface area contributed by atoms with Crippen LogP contribution >= 0.6 is 0 Å². The molecule has 0 spiro atoms. The van der Waals surface area contributed by atoms with E-state index in [-0.39, 0.29) is 30.9 Å². The van der Waals surface area contributed by atoms with Crippen molar-refractivity contribution in [1.82, 2.24) is 10.2 Å². The number of nitrogens with one attached hydrogen (secondary N) is 1. The first-order chi connectivity index (χ1) is 17.4. The lowest BCUT2D eigenvalue weighted by Gasteiger charge is -2.31. The quantitative estimate of drug-likeness (QED) is 0.391. The van der Waals surface area contributed by atoms with Crippen molar-refractivity contribution in [2.75, 3.05) is 20.3 Å². The molecule has 1 atom stereocenters. The number of benzene rings is 3. The van der Waals surface area contributed by atoms with Gasteiger partial charge in [-0.05, 0) is 47.7 Å². The lowest BCUT2D eigenvalue weighted by Crippen LogP contribution is -2.51. The highest BCUT2D eigenvalue weighted by atomic mass is 16.5. The van der Waals surface area contributed by atoms with Crippen LogP contribution in [0, 0.1) is 0 Å². The van der Waals surface area contributed by atoms with Gasteiger partial charge in [-0.3, -0.25) is 9.59 Å². The van der Waals surface area contributed by atoms with Gasteiger partial charge >= 0.3 is 0 Å². The maximum absolute atomic E-state index is 13.7. The predicted molar refractivity (Wildman–Crippen MR) is 142 cm³/mol. The highest BCUT2D eigenvalue weighted by Crippen LogP contribution is 2.26. The summed E-state index contributed by atoms with van der Waals surface area (Å²) in [5, 5.41) is 2.91. The van der Waals surface area contributed by atoms with Crippen molar-refractivity contribution in [1.29, 1.82) is 0 Å². The third-order valence-electron chi connectivity index (χ3n) is 6.00. The first-order valence-corrected chi connectivity index (χ1v) is 12.4. The van der Waals surface area contributed by atoms with Gasteiger partial charge in [0.15, 0.2) is 6.61 Å². The van der Waals surface area contributed by atoms with Gasteiger partial charge in [-0.25, -0.2) is 0 Å². The van der Waals surface area contributed by atoms with E-state index >= 15 is 0 Å². The Labute approximate surface area is 214 Å². The first kappa shape index (κ1) is 26.8. The zero-order valence-corrected chi connectivity index (χ0v) is 21.6. The van der Waals surface area contributed by atoms with Gasteiger partial charge in [0, 0.05) is 19.5 Å². The molecule has 1 N–H and O–H groups in total. The zero-order valence-electron chi connectivity index (χ0n) is 21.6. The number of rotatable bonds is 12. The van der Waals surface area contributed by atoms with E-state index < -0.39 is 6.04 Å². The molecule has 0 heterocycles. The summed E-state index contributed by atoms with van der Waals surface area (Å²) >= 11 is 0. The van der Waals surface area contributed by atoms with Gasteiger partial charge in [0.2, 0.25) is 5.91 Å². The van der Waals surface area contributed by atoms with Crippen molar-refractivity contribution in [3.8, 4) is 11.5 Å². The molecule has 3 rings (SSSR count). The maximum atomic E-state index is 13.7. The Morgan fingerprint density at radius 3 is 2.31 bits per heavy atom. The third-order valence-corrected chi connectivity index (χ3v) is 6.00. The van der Waals surface area contributed by atoms with Crippen LogP contribution in [0.25, 0.3) is 0 Å². The number of carbonyl (C=O) groups excluding carboxylic acids is 2. The van der Waals surface area contributed by atoms with Crippen LogP contribution in [-0.4, -0.2) is 43.0 Å². The standard InChI is InChI=1S/C30H36N2O4/c1-5-31-30(34)27(19-23-12-7-6-8-13-23)32(20-24-14-11-15-25(18-24)35-4)29(33)21-36-28-17-10-9-16-26(28)22(2)3/h6-18,22,27H,5,19-21H2,1-4H3,(H,31,34). The Balaban J connectivity index is 1.92. The van der Waals surface area contributed by atoms with Gasteiger partial charge in [0.1, 0.15) is 17.5 Å². The van der Waals surface area contributed by atoms with Crippen LogP contribution in [0.1, 0.15) is 43.4 Å². The van der Waals surface area contributed by atoms with Crippen LogP contribution in [0.2, 0.25) is 0 Å². The average Bonchev–Trinajstić information content (AvgIpc) is 2.90. The molecule has 6 nitrogen and oxygen atoms in total. The number of carbonyl (C=O) groups is 2. The Morgan fingerprint density at radius 1 is 0.917 bits per heavy atom. The van der Waals surface area contributed by atoms with E-state index in [9.17, 15) is 9.59 Å². The van der Waals surface area contributed by atoms with Crippen molar-refractivity contribution >= 4 is 11.8 Å². The van der Waals surface area contributed by atoms with Crippen molar-refractivity contribution in [3.63, 3.8) is 0 Å². The minimum absolute atomic E-state index is 0.168. The first-order valence-electron chi connectivity index (χ1n) is 12.4. The molecule has 3 aromatic carbocycles. The smallest absolute Gasteiger partial charge is 0.261 e. The third kappa shape index (κ3) is 7.35. The van der Waals surface area contributed by atoms with E-state index in [1.54, 1.807) is 12.0 Å². The SMILES string of the molecule is CCNC(=O)C(Cc1ccccc1)N(Cc1cccc(OC)c1)C(=O)COc1ccccc1C(C)C. The number of likely N-dealkylation sites (N-methyl/N-ethyl adjacent to an activating group) is 1. The topological polar surface area (TPSA) is 67.9 Å². The van der Waals surface area contributed by atoms with Crippen molar-refractivity contribution in [2.45, 2.75) is 45.7 Å². The number of ether oxygens (including phenoxy) is 2. The molecule has 0 aliphatic carbocycles. The Bertz CT molecular complexity index is 1130. The molecule has 0 fully saturated rings. The molecule has 1 unspecified atom stereocenters. The molecule has 0 aromatic heterocycles. The Hall–Kier alpha value is -3.80. The summed E-state index contributed by atoms with van der Waals surface area (Å²) in [7, 11) is 1.61. The molecule has 36 heavy (non-hydrogen) atoms. The van der Waals surface area contributed by atoms with Gasteiger partial charge in [-0.1, -0.05) is 74.5 Å². The van der Waals surface area contributed by atoms with E-state index in [0.717, 1.165) is 16.7 Å². The number of para-hydroxylation sites is 1. The van der Waals surface area contributed by atoms with Gasteiger partial charge < -0.3 is 19.7 Å². The maximum Gasteiger partial charge on any atom is 0.261 e. The highest BCUT2D eigenvalue weighted by Gasteiger charge is 2.30. The van der Waals surface area contributed by atoms with Crippen LogP contribution in [-0.2, 0) is 22.6 Å². The van der Waals surface area contributed by atoms with Crippen molar-refractivity contribution in [2.24, 2.45) is 0 Å². The number of amides is 2. The summed E-state index contributed by atoms with van der Waals surface area (Å²) in [4.78, 5) is 28.6. The predicted octanol–water partition coefficient (Wildman–Crippen LogP) is 4.97. The van der Waals surface area contributed by atoms with Crippen molar-refractivity contribution in [3.05, 3.63) is 95.6 Å². The second-order valence-electron chi connectivity index (χ2n) is 8.95. The van der Waals surface area contributed by atoms with Crippen LogP contribution in [0.4, 0.5) is 0 Å². The number of methoxy groups -OCH3 is 1. The van der Waals surface area contributed by atoms with E-state index in [2.05, 4.69) is 19.2 Å². The molecular weight excluding hydrogens is 452 g/mol. The van der Waals surface area contributed by atoms with Crippen LogP contribution in [0.5, 0.6) is 11.5 Å². The summed E-state index contributed by atoms with van der Waals surface area (Å²) in [5.41, 5.74) is 2.88.